The van der Waals surface area contributed by atoms with Crippen LogP contribution in [0.25, 0.3) is 12.2 Å². The van der Waals surface area contributed by atoms with Crippen molar-refractivity contribution in [3.05, 3.63) is 124 Å². The fraction of sp³-hybridized carbons (Fsp3) is 0.0833. The molecular formula is C24H32. The fourth-order valence-electron chi connectivity index (χ4n) is 1.18. The molecule has 0 heterocycles. The molecule has 0 aliphatic rings. The Labute approximate surface area is 149 Å². The molecule has 0 amide bonds. The van der Waals surface area contributed by atoms with Gasteiger partial charge in [0.1, 0.15) is 0 Å². The van der Waals surface area contributed by atoms with Gasteiger partial charge >= 0.3 is 0 Å². The molecule has 2 aromatic rings. The Morgan fingerprint density at radius 3 is 1.00 bits per heavy atom. The van der Waals surface area contributed by atoms with Gasteiger partial charge in [-0.25, -0.2) is 0 Å². The molecule has 2 aromatic carbocycles. The van der Waals surface area contributed by atoms with E-state index in [0.717, 1.165) is 6.42 Å². The van der Waals surface area contributed by atoms with Gasteiger partial charge in [0.2, 0.25) is 0 Å². The lowest BCUT2D eigenvalue weighted by Gasteiger charge is -1.85. The molecule has 0 fully saturated rings. The molecule has 0 N–H and O–H groups in total. The van der Waals surface area contributed by atoms with Gasteiger partial charge in [0.15, 0.2) is 0 Å². The van der Waals surface area contributed by atoms with Gasteiger partial charge < -0.3 is 0 Å². The maximum atomic E-state index is 3.63. The van der Waals surface area contributed by atoms with E-state index in [1.165, 1.54) is 11.1 Å². The standard InChI is InChI=1S/2C8H8.C4H8.2C2H4/c2*1-2-8-6-4-3-5-7-8;1-3-4-2;2*1-2/h2*2-7H,1H2;3H,1,4H2,2H3;2*1-2H2. The summed E-state index contributed by atoms with van der Waals surface area (Å²) >= 11 is 0. The average molecular weight is 321 g/mol. The molecule has 0 aliphatic carbocycles. The van der Waals surface area contributed by atoms with E-state index in [9.17, 15) is 0 Å². The minimum Gasteiger partial charge on any atom is -0.106 e. The second kappa shape index (κ2) is 25.1. The lowest BCUT2D eigenvalue weighted by atomic mass is 10.2. The van der Waals surface area contributed by atoms with E-state index in [-0.39, 0.29) is 0 Å². The third kappa shape index (κ3) is 19.1. The number of allylic oxidation sites excluding steroid dienone is 1. The highest BCUT2D eigenvalue weighted by Crippen LogP contribution is 1.98. The second-order valence-electron chi connectivity index (χ2n) is 3.93. The molecule has 128 valence electrons. The molecule has 0 unspecified atom stereocenters. The van der Waals surface area contributed by atoms with Gasteiger partial charge in [-0.1, -0.05) is 99.0 Å². The molecule has 0 bridgehead atoms. The molecule has 0 saturated carbocycles. The van der Waals surface area contributed by atoms with Crippen LogP contribution in [0.5, 0.6) is 0 Å². The van der Waals surface area contributed by atoms with Gasteiger partial charge in [-0.15, -0.1) is 32.9 Å². The molecule has 0 radical (unpaired) electrons. The minimum absolute atomic E-state index is 1.08. The summed E-state index contributed by atoms with van der Waals surface area (Å²) in [7, 11) is 0. The summed E-state index contributed by atoms with van der Waals surface area (Å²) < 4.78 is 0. The van der Waals surface area contributed by atoms with Gasteiger partial charge in [0, 0.05) is 0 Å². The molecule has 24 heavy (non-hydrogen) atoms. The quantitative estimate of drug-likeness (QED) is 0.505. The predicted molar refractivity (Wildman–Crippen MR) is 116 cm³/mol. The maximum Gasteiger partial charge on any atom is -0.0263 e. The second-order valence-corrected chi connectivity index (χ2v) is 3.93. The molecule has 0 saturated heterocycles. The van der Waals surface area contributed by atoms with E-state index in [4.69, 9.17) is 0 Å². The van der Waals surface area contributed by atoms with Crippen LogP contribution in [0.3, 0.4) is 0 Å². The van der Waals surface area contributed by atoms with Crippen molar-refractivity contribution in [1.82, 2.24) is 0 Å². The summed E-state index contributed by atoms with van der Waals surface area (Å²) in [6.45, 7) is 24.8. The SMILES string of the molecule is C=C.C=C.C=CCC.C=Cc1ccccc1.C=Cc1ccccc1. The Kier molecular flexibility index (Phi) is 27.3. The summed E-state index contributed by atoms with van der Waals surface area (Å²) in [5.74, 6) is 0. The first-order chi connectivity index (χ1) is 11.8. The summed E-state index contributed by atoms with van der Waals surface area (Å²) in [6.07, 6.45) is 6.62. The van der Waals surface area contributed by atoms with Crippen LogP contribution in [0.1, 0.15) is 24.5 Å². The first kappa shape index (κ1) is 26.1. The van der Waals surface area contributed by atoms with E-state index in [1.54, 1.807) is 0 Å². The Balaban J connectivity index is -0.000000261. The largest absolute Gasteiger partial charge is 0.106 e. The summed E-state index contributed by atoms with van der Waals surface area (Å²) in [5, 5.41) is 0. The average Bonchev–Trinajstić information content (AvgIpc) is 2.73. The number of benzene rings is 2. The van der Waals surface area contributed by atoms with E-state index >= 15 is 0 Å². The molecule has 0 atom stereocenters. The van der Waals surface area contributed by atoms with E-state index in [1.807, 2.05) is 78.9 Å². The third-order valence-electron chi connectivity index (χ3n) is 2.36. The fourth-order valence-corrected chi connectivity index (χ4v) is 1.18. The predicted octanol–water partition coefficient (Wildman–Crippen LogP) is 7.85. The van der Waals surface area contributed by atoms with Gasteiger partial charge in [0.05, 0.1) is 0 Å². The number of hydrogen-bond acceptors (Lipinski definition) is 0. The van der Waals surface area contributed by atoms with E-state index in [0.29, 0.717) is 0 Å². The normalized spacial score (nSPS) is 7.04. The number of hydrogen-bond donors (Lipinski definition) is 0. The van der Waals surface area contributed by atoms with Crippen LogP contribution in [0.15, 0.2) is 113 Å². The van der Waals surface area contributed by atoms with Crippen molar-refractivity contribution in [2.45, 2.75) is 13.3 Å². The van der Waals surface area contributed by atoms with Crippen molar-refractivity contribution >= 4 is 12.2 Å². The van der Waals surface area contributed by atoms with Crippen molar-refractivity contribution in [2.24, 2.45) is 0 Å². The zero-order chi connectivity index (χ0) is 19.1. The maximum absolute atomic E-state index is 3.63. The van der Waals surface area contributed by atoms with Crippen LogP contribution >= 0.6 is 0 Å². The van der Waals surface area contributed by atoms with Crippen LogP contribution in [0, 0.1) is 0 Å². The molecule has 2 rings (SSSR count). The highest BCUT2D eigenvalue weighted by atomic mass is 13.8. The van der Waals surface area contributed by atoms with Crippen molar-refractivity contribution in [2.75, 3.05) is 0 Å². The van der Waals surface area contributed by atoms with Crippen LogP contribution in [-0.2, 0) is 0 Å². The van der Waals surface area contributed by atoms with Crippen LogP contribution < -0.4 is 0 Å². The first-order valence-electron chi connectivity index (χ1n) is 7.74. The molecule has 0 spiro atoms. The van der Waals surface area contributed by atoms with E-state index in [2.05, 4.69) is 53.0 Å². The van der Waals surface area contributed by atoms with Gasteiger partial charge in [0.25, 0.3) is 0 Å². The molecular weight excluding hydrogens is 288 g/mol. The molecule has 0 nitrogen and oxygen atoms in total. The highest BCUT2D eigenvalue weighted by molar-refractivity contribution is 5.46. The van der Waals surface area contributed by atoms with Crippen molar-refractivity contribution < 1.29 is 0 Å². The smallest absolute Gasteiger partial charge is 0.0263 e. The van der Waals surface area contributed by atoms with E-state index < -0.39 is 0 Å². The van der Waals surface area contributed by atoms with Gasteiger partial charge in [-0.05, 0) is 17.5 Å². The third-order valence-corrected chi connectivity index (χ3v) is 2.36. The van der Waals surface area contributed by atoms with Crippen LogP contribution in [-0.4, -0.2) is 0 Å². The zero-order valence-corrected chi connectivity index (χ0v) is 15.2. The lowest BCUT2D eigenvalue weighted by molar-refractivity contribution is 1.23. The van der Waals surface area contributed by atoms with Crippen LogP contribution in [0.2, 0.25) is 0 Å². The Morgan fingerprint density at radius 2 is 0.875 bits per heavy atom. The summed E-state index contributed by atoms with van der Waals surface area (Å²) in [5.41, 5.74) is 2.35. The summed E-state index contributed by atoms with van der Waals surface area (Å²) in [4.78, 5) is 0. The van der Waals surface area contributed by atoms with Gasteiger partial charge in [-0.3, -0.25) is 0 Å². The van der Waals surface area contributed by atoms with Crippen molar-refractivity contribution in [1.29, 1.82) is 0 Å². The Morgan fingerprint density at radius 1 is 0.625 bits per heavy atom. The Bertz CT molecular complexity index is 449. The molecule has 0 aromatic heterocycles. The van der Waals surface area contributed by atoms with Crippen LogP contribution in [0.4, 0.5) is 0 Å². The lowest BCUT2D eigenvalue weighted by Crippen LogP contribution is -1.63. The minimum atomic E-state index is 1.08. The van der Waals surface area contributed by atoms with Crippen molar-refractivity contribution in [3.63, 3.8) is 0 Å². The van der Waals surface area contributed by atoms with Gasteiger partial charge in [-0.2, -0.15) is 0 Å². The number of rotatable bonds is 3. The molecule has 0 aliphatic heterocycles. The Hall–Kier alpha value is -2.86. The highest BCUT2D eigenvalue weighted by Gasteiger charge is 1.76. The zero-order valence-electron chi connectivity index (χ0n) is 15.2. The molecule has 0 heteroatoms. The first-order valence-corrected chi connectivity index (χ1v) is 7.74. The topological polar surface area (TPSA) is 0 Å². The monoisotopic (exact) mass is 320 g/mol. The van der Waals surface area contributed by atoms with Crippen molar-refractivity contribution in [3.8, 4) is 0 Å². The summed E-state index contributed by atoms with van der Waals surface area (Å²) in [6, 6.07) is 20.1.